The van der Waals surface area contributed by atoms with Gasteiger partial charge in [0.25, 0.3) is 6.01 Å². The van der Waals surface area contributed by atoms with E-state index >= 15 is 0 Å². The van der Waals surface area contributed by atoms with Gasteiger partial charge in [-0.2, -0.15) is 17.1 Å². The van der Waals surface area contributed by atoms with Crippen molar-refractivity contribution in [3.05, 3.63) is 19.8 Å². The van der Waals surface area contributed by atoms with Crippen LogP contribution in [0.2, 0.25) is 0 Å². The summed E-state index contributed by atoms with van der Waals surface area (Å²) >= 11 is 0. The molecule has 0 aromatic carbocycles. The molecular formula is C4H4N3OY-. The zero-order chi connectivity index (χ0) is 5.82. The van der Waals surface area contributed by atoms with Gasteiger partial charge in [0.05, 0.1) is 0 Å². The van der Waals surface area contributed by atoms with Crippen LogP contribution in [0.4, 0.5) is 0 Å². The first-order valence-electron chi connectivity index (χ1n) is 1.97. The summed E-state index contributed by atoms with van der Waals surface area (Å²) in [7, 11) is 3.10. The Bertz CT molecular complexity index is 157. The zero-order valence-electron chi connectivity index (χ0n) is 4.69. The van der Waals surface area contributed by atoms with E-state index in [9.17, 15) is 0 Å². The van der Waals surface area contributed by atoms with Gasteiger partial charge in [-0.15, -0.1) is 0 Å². The van der Waals surface area contributed by atoms with Gasteiger partial charge >= 0.3 is 0 Å². The van der Waals surface area contributed by atoms with Crippen molar-refractivity contribution >= 4 is 0 Å². The summed E-state index contributed by atoms with van der Waals surface area (Å²) in [6.07, 6.45) is 2.68. The van der Waals surface area contributed by atoms with Gasteiger partial charge in [-0.25, -0.2) is 4.98 Å². The van der Waals surface area contributed by atoms with Crippen molar-refractivity contribution in [1.29, 1.82) is 0 Å². The van der Waals surface area contributed by atoms with Gasteiger partial charge in [0.1, 0.15) is 12.7 Å². The van der Waals surface area contributed by atoms with Crippen LogP contribution < -0.4 is 4.74 Å². The molecule has 0 bridgehead atoms. The Morgan fingerprint density at radius 3 is 2.22 bits per heavy atom. The predicted molar refractivity (Wildman–Crippen MR) is 25.8 cm³/mol. The third-order valence-electron chi connectivity index (χ3n) is 0.599. The van der Waals surface area contributed by atoms with Crippen molar-refractivity contribution in [2.75, 3.05) is 0 Å². The second kappa shape index (κ2) is 4.76. The molecule has 1 heterocycles. The van der Waals surface area contributed by atoms with Gasteiger partial charge in [-0.05, 0) is 0 Å². The van der Waals surface area contributed by atoms with Crippen LogP contribution in [0.5, 0.6) is 6.01 Å². The van der Waals surface area contributed by atoms with Gasteiger partial charge in [0, 0.05) is 32.7 Å². The van der Waals surface area contributed by atoms with Gasteiger partial charge in [0.15, 0.2) is 0 Å². The van der Waals surface area contributed by atoms with E-state index in [-0.39, 0.29) is 38.7 Å². The average Bonchev–Trinajstić information content (AvgIpc) is 1.90. The molecule has 1 aromatic rings. The van der Waals surface area contributed by atoms with Crippen molar-refractivity contribution in [2.45, 2.75) is 0 Å². The molecule has 0 aliphatic rings. The minimum atomic E-state index is 0. The Kier molecular flexibility index (Phi) is 4.72. The SMILES string of the molecule is [CH2-]Oc1ncncn1.[Y]. The Balaban J connectivity index is 0.000000640. The minimum absolute atomic E-state index is 0. The predicted octanol–water partition coefficient (Wildman–Crippen LogP) is 0.0395. The molecule has 0 fully saturated rings. The maximum atomic E-state index is 4.40. The van der Waals surface area contributed by atoms with Crippen LogP contribution in [-0.2, 0) is 32.7 Å². The maximum Gasteiger partial charge on any atom is 0.286 e. The van der Waals surface area contributed by atoms with Crippen LogP contribution in [-0.4, -0.2) is 15.0 Å². The van der Waals surface area contributed by atoms with Crippen molar-refractivity contribution in [1.82, 2.24) is 15.0 Å². The van der Waals surface area contributed by atoms with Crippen molar-refractivity contribution in [3.63, 3.8) is 0 Å². The third kappa shape index (κ3) is 2.82. The fourth-order valence-corrected chi connectivity index (χ4v) is 0.303. The quantitative estimate of drug-likeness (QED) is 0.599. The van der Waals surface area contributed by atoms with E-state index in [0.29, 0.717) is 0 Å². The molecule has 0 atom stereocenters. The smallest absolute Gasteiger partial charge is 0.286 e. The Labute approximate surface area is 78.0 Å². The minimum Gasteiger partial charge on any atom is -0.638 e. The monoisotopic (exact) mass is 199 g/mol. The topological polar surface area (TPSA) is 47.9 Å². The summed E-state index contributed by atoms with van der Waals surface area (Å²) in [6.45, 7) is 0. The molecule has 0 N–H and O–H groups in total. The zero-order valence-corrected chi connectivity index (χ0v) is 7.53. The first-order valence-corrected chi connectivity index (χ1v) is 1.97. The summed E-state index contributed by atoms with van der Waals surface area (Å²) in [6, 6.07) is 0.236. The van der Waals surface area contributed by atoms with Crippen LogP contribution >= 0.6 is 0 Å². The first-order chi connectivity index (χ1) is 3.93. The Morgan fingerprint density at radius 2 is 1.89 bits per heavy atom. The summed E-state index contributed by atoms with van der Waals surface area (Å²) in [5.41, 5.74) is 0. The van der Waals surface area contributed by atoms with E-state index in [0.717, 1.165) is 0 Å². The van der Waals surface area contributed by atoms with Crippen LogP contribution in [0.1, 0.15) is 0 Å². The Morgan fingerprint density at radius 1 is 1.33 bits per heavy atom. The average molecular weight is 199 g/mol. The second-order valence-electron chi connectivity index (χ2n) is 1.07. The number of rotatable bonds is 1. The molecule has 0 aliphatic carbocycles. The van der Waals surface area contributed by atoms with E-state index in [1.807, 2.05) is 0 Å². The number of nitrogens with zero attached hydrogens (tertiary/aromatic N) is 3. The molecule has 0 spiro atoms. The molecule has 9 heavy (non-hydrogen) atoms. The molecule has 45 valence electrons. The van der Waals surface area contributed by atoms with E-state index in [1.54, 1.807) is 0 Å². The Hall–Kier alpha value is -0.0861. The molecule has 1 aromatic heterocycles. The number of aromatic nitrogens is 3. The third-order valence-corrected chi connectivity index (χ3v) is 0.599. The number of ether oxygens (including phenoxy) is 1. The molecule has 0 unspecified atom stereocenters. The first kappa shape index (κ1) is 8.91. The second-order valence-corrected chi connectivity index (χ2v) is 1.07. The van der Waals surface area contributed by atoms with Crippen LogP contribution in [0.15, 0.2) is 12.7 Å². The normalized spacial score (nSPS) is 7.67. The van der Waals surface area contributed by atoms with E-state index in [2.05, 4.69) is 26.8 Å². The summed E-state index contributed by atoms with van der Waals surface area (Å²) < 4.78 is 4.40. The molecule has 0 saturated heterocycles. The molecule has 1 rings (SSSR count). The van der Waals surface area contributed by atoms with E-state index < -0.39 is 0 Å². The van der Waals surface area contributed by atoms with Gasteiger partial charge in [-0.1, -0.05) is 0 Å². The maximum absolute atomic E-state index is 4.40. The molecule has 1 radical (unpaired) electrons. The summed E-state index contributed by atoms with van der Waals surface area (Å²) in [5.74, 6) is 0. The van der Waals surface area contributed by atoms with Crippen LogP contribution in [0.25, 0.3) is 0 Å². The number of hydrogen-bond acceptors (Lipinski definition) is 4. The molecule has 0 amide bonds. The molecule has 4 nitrogen and oxygen atoms in total. The molecular weight excluding hydrogens is 195 g/mol. The molecule has 0 aliphatic heterocycles. The van der Waals surface area contributed by atoms with Crippen LogP contribution in [0.3, 0.4) is 0 Å². The van der Waals surface area contributed by atoms with Crippen LogP contribution in [0, 0.1) is 7.11 Å². The van der Waals surface area contributed by atoms with Crippen molar-refractivity contribution in [3.8, 4) is 6.01 Å². The van der Waals surface area contributed by atoms with Gasteiger partial charge in [0.2, 0.25) is 0 Å². The van der Waals surface area contributed by atoms with Crippen molar-refractivity contribution in [2.24, 2.45) is 0 Å². The van der Waals surface area contributed by atoms with Gasteiger partial charge in [-0.3, -0.25) is 0 Å². The standard InChI is InChI=1S/C4H4N3O.Y/c1-8-4-6-2-5-3-7-4;/h2-3H,1H2;/q-1;. The van der Waals surface area contributed by atoms with Gasteiger partial charge < -0.3 is 4.74 Å². The van der Waals surface area contributed by atoms with E-state index in [4.69, 9.17) is 0 Å². The summed E-state index contributed by atoms with van der Waals surface area (Å²) in [4.78, 5) is 10.7. The van der Waals surface area contributed by atoms with E-state index in [1.165, 1.54) is 12.7 Å². The summed E-state index contributed by atoms with van der Waals surface area (Å²) in [5, 5.41) is 0. The molecule has 0 saturated carbocycles. The number of hydrogen-bond donors (Lipinski definition) is 0. The molecule has 5 heteroatoms. The van der Waals surface area contributed by atoms with Crippen molar-refractivity contribution < 1.29 is 37.4 Å². The largest absolute Gasteiger partial charge is 0.638 e. The fourth-order valence-electron chi connectivity index (χ4n) is 0.303. The fraction of sp³-hybridized carbons (Fsp3) is 0.